The summed E-state index contributed by atoms with van der Waals surface area (Å²) in [5.41, 5.74) is 5.58. The summed E-state index contributed by atoms with van der Waals surface area (Å²) in [7, 11) is 1.68. The lowest BCUT2D eigenvalue weighted by atomic mass is 9.62. The molecule has 5 heteroatoms. The first-order valence-electron chi connectivity index (χ1n) is 15.8. The summed E-state index contributed by atoms with van der Waals surface area (Å²) in [6.07, 6.45) is 13.4. The van der Waals surface area contributed by atoms with Crippen molar-refractivity contribution < 1.29 is 24.1 Å². The number of fused-ring (bicyclic) bond motifs is 7. The standard InChI is InChI=1S/C40H38O5/c1-26(2)45-30-19-15-28(16-20-30)40(27-13-17-29(18-14-27)43-22-8-21-41)24-36-35-23-31(42-3)25-44-39(35)33-10-5-4-9-32(33)38(36)34-11-6-7-12-37(34)40/h4-5,7,9-10,12-20,23-26,41H,6,8,11,21-22H2,1-3H3. The van der Waals surface area contributed by atoms with Crippen LogP contribution in [0.1, 0.15) is 49.8 Å². The lowest BCUT2D eigenvalue weighted by Crippen LogP contribution is -2.41. The van der Waals surface area contributed by atoms with E-state index in [4.69, 9.17) is 18.9 Å². The Balaban J connectivity index is 1.57. The van der Waals surface area contributed by atoms with Gasteiger partial charge in [0.15, 0.2) is 5.76 Å². The average Bonchev–Trinajstić information content (AvgIpc) is 3.08. The first-order valence-corrected chi connectivity index (χ1v) is 15.8. The number of benzene rings is 4. The predicted octanol–water partition coefficient (Wildman–Crippen LogP) is 6.93. The number of hydrogen-bond acceptors (Lipinski definition) is 5. The van der Waals surface area contributed by atoms with Crippen molar-refractivity contribution in [3.63, 3.8) is 0 Å². The van der Waals surface area contributed by atoms with Crippen LogP contribution in [0.4, 0.5) is 0 Å². The van der Waals surface area contributed by atoms with Gasteiger partial charge in [-0.15, -0.1) is 0 Å². The number of aliphatic hydroxyl groups is 1. The molecule has 4 aromatic rings. The van der Waals surface area contributed by atoms with Crippen LogP contribution in [0, 0.1) is 0 Å². The van der Waals surface area contributed by atoms with Gasteiger partial charge in [-0.05, 0) is 95.5 Å². The van der Waals surface area contributed by atoms with E-state index in [9.17, 15) is 5.11 Å². The molecule has 5 nitrogen and oxygen atoms in total. The Kier molecular flexibility index (Phi) is 7.72. The Morgan fingerprint density at radius 3 is 2.29 bits per heavy atom. The van der Waals surface area contributed by atoms with E-state index in [1.54, 1.807) is 13.4 Å². The molecule has 228 valence electrons. The molecule has 0 saturated heterocycles. The SMILES string of the molecule is COC1=COc2c(c3c(c4ccccc24)C2=C(C=CCC2)C(c2ccc(OCCCO)cc2)(c2ccc(OC(C)C)cc2)C=3)=C1. The van der Waals surface area contributed by atoms with Crippen molar-refractivity contribution in [1.29, 1.82) is 0 Å². The Labute approximate surface area is 264 Å². The van der Waals surface area contributed by atoms with Crippen molar-refractivity contribution in [3.05, 3.63) is 130 Å². The van der Waals surface area contributed by atoms with Crippen molar-refractivity contribution in [3.8, 4) is 17.2 Å². The van der Waals surface area contributed by atoms with Crippen LogP contribution in [0.25, 0.3) is 28.5 Å². The summed E-state index contributed by atoms with van der Waals surface area (Å²) < 4.78 is 24.0. The van der Waals surface area contributed by atoms with Crippen molar-refractivity contribution in [2.75, 3.05) is 20.3 Å². The van der Waals surface area contributed by atoms with Crippen LogP contribution in [0.3, 0.4) is 0 Å². The molecule has 1 N–H and O–H groups in total. The number of hydrogen-bond donors (Lipinski definition) is 1. The molecule has 3 aliphatic rings. The maximum atomic E-state index is 9.23. The van der Waals surface area contributed by atoms with Crippen LogP contribution in [0.5, 0.6) is 17.2 Å². The van der Waals surface area contributed by atoms with E-state index in [0.717, 1.165) is 57.0 Å². The van der Waals surface area contributed by atoms with Gasteiger partial charge in [0.05, 0.1) is 25.2 Å². The van der Waals surface area contributed by atoms with Gasteiger partial charge in [0.25, 0.3) is 0 Å². The van der Waals surface area contributed by atoms with Crippen LogP contribution in [-0.2, 0) is 10.2 Å². The highest BCUT2D eigenvalue weighted by Crippen LogP contribution is 2.50. The minimum Gasteiger partial charge on any atom is -0.494 e. The molecule has 2 aliphatic carbocycles. The number of methoxy groups -OCH3 is 1. The molecule has 0 aromatic heterocycles. The lowest BCUT2D eigenvalue weighted by Gasteiger charge is -2.40. The molecule has 1 atom stereocenters. The van der Waals surface area contributed by atoms with Gasteiger partial charge >= 0.3 is 0 Å². The van der Waals surface area contributed by atoms with Crippen LogP contribution < -0.4 is 24.6 Å². The highest BCUT2D eigenvalue weighted by molar-refractivity contribution is 6.02. The van der Waals surface area contributed by atoms with E-state index in [2.05, 4.69) is 85.0 Å². The molecule has 0 amide bonds. The molecule has 0 spiro atoms. The van der Waals surface area contributed by atoms with Crippen molar-refractivity contribution in [2.45, 2.75) is 44.6 Å². The van der Waals surface area contributed by atoms with Gasteiger partial charge < -0.3 is 24.1 Å². The summed E-state index contributed by atoms with van der Waals surface area (Å²) in [6, 6.07) is 25.5. The lowest BCUT2D eigenvalue weighted by molar-refractivity contribution is 0.233. The summed E-state index contributed by atoms with van der Waals surface area (Å²) in [4.78, 5) is 0. The third kappa shape index (κ3) is 5.01. The molecule has 0 saturated carbocycles. The monoisotopic (exact) mass is 598 g/mol. The Bertz CT molecular complexity index is 1960. The topological polar surface area (TPSA) is 57.2 Å². The smallest absolute Gasteiger partial charge is 0.154 e. The van der Waals surface area contributed by atoms with Gasteiger partial charge in [0.1, 0.15) is 23.5 Å². The molecule has 7 rings (SSSR count). The highest BCUT2D eigenvalue weighted by atomic mass is 16.5. The quantitative estimate of drug-likeness (QED) is 0.212. The van der Waals surface area contributed by atoms with E-state index in [-0.39, 0.29) is 12.7 Å². The minimum atomic E-state index is -0.599. The van der Waals surface area contributed by atoms with Crippen LogP contribution >= 0.6 is 0 Å². The fourth-order valence-electron chi connectivity index (χ4n) is 6.96. The molecular weight excluding hydrogens is 560 g/mol. The number of rotatable bonds is 9. The number of ether oxygens (including phenoxy) is 4. The van der Waals surface area contributed by atoms with E-state index in [0.29, 0.717) is 18.8 Å². The summed E-state index contributed by atoms with van der Waals surface area (Å²) in [6.45, 7) is 4.67. The molecule has 0 fully saturated rings. The van der Waals surface area contributed by atoms with Gasteiger partial charge in [-0.1, -0.05) is 66.8 Å². The van der Waals surface area contributed by atoms with Gasteiger partial charge in [-0.2, -0.15) is 0 Å². The minimum absolute atomic E-state index is 0.0882. The van der Waals surface area contributed by atoms with E-state index in [1.165, 1.54) is 22.1 Å². The second-order valence-corrected chi connectivity index (χ2v) is 12.0. The first kappa shape index (κ1) is 29.0. The Morgan fingerprint density at radius 2 is 1.60 bits per heavy atom. The third-order valence-electron chi connectivity index (χ3n) is 8.88. The maximum absolute atomic E-state index is 9.23. The molecular formula is C40H38O5. The van der Waals surface area contributed by atoms with Crippen molar-refractivity contribution >= 4 is 28.5 Å². The second-order valence-electron chi connectivity index (χ2n) is 12.0. The molecule has 0 radical (unpaired) electrons. The normalized spacial score (nSPS) is 18.2. The summed E-state index contributed by atoms with van der Waals surface area (Å²) >= 11 is 0. The van der Waals surface area contributed by atoms with Gasteiger partial charge in [0.2, 0.25) is 0 Å². The highest BCUT2D eigenvalue weighted by Gasteiger charge is 2.41. The molecule has 45 heavy (non-hydrogen) atoms. The largest absolute Gasteiger partial charge is 0.494 e. The van der Waals surface area contributed by atoms with Gasteiger partial charge in [-0.3, -0.25) is 0 Å². The molecule has 0 bridgehead atoms. The predicted molar refractivity (Wildman–Crippen MR) is 180 cm³/mol. The van der Waals surface area contributed by atoms with Crippen LogP contribution in [-0.4, -0.2) is 31.5 Å². The van der Waals surface area contributed by atoms with Gasteiger partial charge in [-0.25, -0.2) is 0 Å². The molecule has 4 aromatic carbocycles. The first-order chi connectivity index (χ1) is 22.0. The van der Waals surface area contributed by atoms with E-state index in [1.807, 2.05) is 26.0 Å². The van der Waals surface area contributed by atoms with Crippen molar-refractivity contribution in [2.24, 2.45) is 0 Å². The fourth-order valence-corrected chi connectivity index (χ4v) is 6.96. The third-order valence-corrected chi connectivity index (χ3v) is 8.88. The zero-order valence-electron chi connectivity index (χ0n) is 26.0. The number of aliphatic hydroxyl groups excluding tert-OH is 1. The zero-order chi connectivity index (χ0) is 31.0. The molecule has 1 aliphatic heterocycles. The van der Waals surface area contributed by atoms with Crippen LogP contribution in [0.2, 0.25) is 0 Å². The zero-order valence-corrected chi connectivity index (χ0v) is 26.0. The van der Waals surface area contributed by atoms with Crippen LogP contribution in [0.15, 0.2) is 103 Å². The average molecular weight is 599 g/mol. The summed E-state index contributed by atoms with van der Waals surface area (Å²) in [5.74, 6) is 3.16. The van der Waals surface area contributed by atoms with Gasteiger partial charge in [0, 0.05) is 23.6 Å². The summed E-state index contributed by atoms with van der Waals surface area (Å²) in [5, 5.41) is 13.7. The van der Waals surface area contributed by atoms with E-state index < -0.39 is 5.41 Å². The Morgan fingerprint density at radius 1 is 0.889 bits per heavy atom. The maximum Gasteiger partial charge on any atom is 0.154 e. The van der Waals surface area contributed by atoms with Crippen molar-refractivity contribution in [1.82, 2.24) is 0 Å². The number of allylic oxidation sites excluding steroid dienone is 5. The van der Waals surface area contributed by atoms with E-state index >= 15 is 0 Å². The molecule has 1 unspecified atom stereocenters. The fraction of sp³-hybridized carbons (Fsp3) is 0.250. The Hall–Kier alpha value is -4.74. The second kappa shape index (κ2) is 12.0. The molecule has 1 heterocycles.